The van der Waals surface area contributed by atoms with Crippen LogP contribution in [0, 0.1) is 11.6 Å². The van der Waals surface area contributed by atoms with Gasteiger partial charge in [-0.2, -0.15) is 0 Å². The van der Waals surface area contributed by atoms with Crippen molar-refractivity contribution in [3.63, 3.8) is 0 Å². The minimum atomic E-state index is -0.883. The normalized spacial score (nSPS) is 10.3. The van der Waals surface area contributed by atoms with Gasteiger partial charge in [0.05, 0.1) is 19.9 Å². The number of ether oxygens (including phenoxy) is 2. The van der Waals surface area contributed by atoms with Gasteiger partial charge in [0.25, 0.3) is 5.91 Å². The molecule has 1 amide bonds. The lowest BCUT2D eigenvalue weighted by molar-refractivity contribution is 0.102. The largest absolute Gasteiger partial charge is 0.497 e. The van der Waals surface area contributed by atoms with E-state index in [1.807, 2.05) is 0 Å². The number of nitrogens with zero attached hydrogens (tertiary/aromatic N) is 2. The third kappa shape index (κ3) is 4.14. The number of hydrogen-bond acceptors (Lipinski definition) is 6. The number of aromatic nitrogens is 2. The van der Waals surface area contributed by atoms with Gasteiger partial charge in [-0.3, -0.25) is 4.79 Å². The van der Waals surface area contributed by atoms with Crippen LogP contribution < -0.4 is 20.1 Å². The van der Waals surface area contributed by atoms with Gasteiger partial charge in [0.15, 0.2) is 11.5 Å². The van der Waals surface area contributed by atoms with Crippen molar-refractivity contribution in [2.24, 2.45) is 0 Å². The molecule has 144 valence electrons. The van der Waals surface area contributed by atoms with Gasteiger partial charge in [0.2, 0.25) is 0 Å². The van der Waals surface area contributed by atoms with Crippen molar-refractivity contribution >= 4 is 23.1 Å². The smallest absolute Gasteiger partial charge is 0.276 e. The zero-order valence-electron chi connectivity index (χ0n) is 15.0. The molecule has 1 heterocycles. The molecule has 0 aliphatic carbocycles. The van der Waals surface area contributed by atoms with E-state index in [1.54, 1.807) is 25.3 Å². The molecule has 0 fully saturated rings. The summed E-state index contributed by atoms with van der Waals surface area (Å²) in [6.07, 6.45) is 0. The summed E-state index contributed by atoms with van der Waals surface area (Å²) < 4.78 is 37.7. The van der Waals surface area contributed by atoms with E-state index >= 15 is 0 Å². The van der Waals surface area contributed by atoms with E-state index in [4.69, 9.17) is 9.47 Å². The van der Waals surface area contributed by atoms with Crippen LogP contribution in [0.4, 0.5) is 26.0 Å². The summed E-state index contributed by atoms with van der Waals surface area (Å²) in [6, 6.07) is 11.3. The highest BCUT2D eigenvalue weighted by Crippen LogP contribution is 2.30. The van der Waals surface area contributed by atoms with Crippen LogP contribution in [0.2, 0.25) is 0 Å². The molecule has 9 heteroatoms. The molecule has 2 N–H and O–H groups in total. The summed E-state index contributed by atoms with van der Waals surface area (Å²) in [6.45, 7) is 0. The Labute approximate surface area is 159 Å². The quantitative estimate of drug-likeness (QED) is 0.671. The van der Waals surface area contributed by atoms with Crippen LogP contribution in [-0.2, 0) is 0 Å². The highest BCUT2D eigenvalue weighted by Gasteiger charge is 2.15. The van der Waals surface area contributed by atoms with E-state index in [2.05, 4.69) is 20.8 Å². The van der Waals surface area contributed by atoms with Gasteiger partial charge in [-0.25, -0.2) is 8.78 Å². The number of hydrogen-bond donors (Lipinski definition) is 2. The molecule has 0 radical (unpaired) electrons. The molecule has 0 aliphatic heterocycles. The predicted molar refractivity (Wildman–Crippen MR) is 99.2 cm³/mol. The molecule has 3 aromatic rings. The van der Waals surface area contributed by atoms with Crippen molar-refractivity contribution in [3.05, 3.63) is 65.9 Å². The maximum Gasteiger partial charge on any atom is 0.276 e. The Morgan fingerprint density at radius 3 is 2.32 bits per heavy atom. The van der Waals surface area contributed by atoms with Crippen molar-refractivity contribution in [1.82, 2.24) is 10.2 Å². The third-order valence-electron chi connectivity index (χ3n) is 3.77. The Hall–Kier alpha value is -3.75. The van der Waals surface area contributed by atoms with Gasteiger partial charge < -0.3 is 20.1 Å². The second kappa shape index (κ2) is 8.30. The molecule has 2 aromatic carbocycles. The van der Waals surface area contributed by atoms with Gasteiger partial charge in [-0.05, 0) is 36.4 Å². The molecule has 0 unspecified atom stereocenters. The van der Waals surface area contributed by atoms with Crippen LogP contribution >= 0.6 is 0 Å². The highest BCUT2D eigenvalue weighted by molar-refractivity contribution is 6.02. The van der Waals surface area contributed by atoms with Crippen LogP contribution in [0.5, 0.6) is 11.5 Å². The zero-order chi connectivity index (χ0) is 20.1. The molecule has 0 saturated carbocycles. The van der Waals surface area contributed by atoms with Crippen molar-refractivity contribution < 1.29 is 23.0 Å². The van der Waals surface area contributed by atoms with Gasteiger partial charge in [-0.15, -0.1) is 10.2 Å². The number of nitrogens with one attached hydrogen (secondary N) is 2. The number of anilines is 3. The minimum Gasteiger partial charge on any atom is -0.497 e. The molecule has 0 bridgehead atoms. The SMILES string of the molecule is COc1ccc(Nc2ccc(C(=O)Nc3c(F)cccc3F)nn2)c(OC)c1. The second-order valence-electron chi connectivity index (χ2n) is 5.55. The first kappa shape index (κ1) is 19.0. The van der Waals surface area contributed by atoms with Crippen LogP contribution in [0.15, 0.2) is 48.5 Å². The highest BCUT2D eigenvalue weighted by atomic mass is 19.1. The Morgan fingerprint density at radius 2 is 1.71 bits per heavy atom. The van der Waals surface area contributed by atoms with Gasteiger partial charge in [0.1, 0.15) is 28.8 Å². The Kier molecular flexibility index (Phi) is 5.64. The molecule has 0 aliphatic rings. The van der Waals surface area contributed by atoms with E-state index in [0.29, 0.717) is 23.0 Å². The lowest BCUT2D eigenvalue weighted by atomic mass is 10.2. The lowest BCUT2D eigenvalue weighted by Crippen LogP contribution is -2.16. The first-order chi connectivity index (χ1) is 13.5. The van der Waals surface area contributed by atoms with E-state index < -0.39 is 23.2 Å². The monoisotopic (exact) mass is 386 g/mol. The summed E-state index contributed by atoms with van der Waals surface area (Å²) in [4.78, 5) is 12.2. The molecule has 1 aromatic heterocycles. The number of rotatable bonds is 6. The van der Waals surface area contributed by atoms with Gasteiger partial charge >= 0.3 is 0 Å². The standard InChI is InChI=1S/C19H16F2N4O3/c1-27-11-6-7-14(16(10-11)28-2)22-17-9-8-15(24-25-17)19(26)23-18-12(20)4-3-5-13(18)21/h3-10H,1-2H3,(H,22,25)(H,23,26). The van der Waals surface area contributed by atoms with Crippen LogP contribution in [0.3, 0.4) is 0 Å². The van der Waals surface area contributed by atoms with Crippen molar-refractivity contribution in [3.8, 4) is 11.5 Å². The van der Waals surface area contributed by atoms with E-state index in [9.17, 15) is 13.6 Å². The minimum absolute atomic E-state index is 0.102. The zero-order valence-corrected chi connectivity index (χ0v) is 15.0. The Balaban J connectivity index is 1.74. The van der Waals surface area contributed by atoms with Crippen molar-refractivity contribution in [2.45, 2.75) is 0 Å². The van der Waals surface area contributed by atoms with Crippen LogP contribution in [0.1, 0.15) is 10.5 Å². The summed E-state index contributed by atoms with van der Waals surface area (Å²) in [5, 5.41) is 12.8. The summed E-state index contributed by atoms with van der Waals surface area (Å²) in [7, 11) is 3.06. The predicted octanol–water partition coefficient (Wildman–Crippen LogP) is 3.77. The van der Waals surface area contributed by atoms with E-state index in [-0.39, 0.29) is 5.69 Å². The molecule has 28 heavy (non-hydrogen) atoms. The van der Waals surface area contributed by atoms with Crippen molar-refractivity contribution in [1.29, 1.82) is 0 Å². The molecule has 0 spiro atoms. The molecule has 7 nitrogen and oxygen atoms in total. The van der Waals surface area contributed by atoms with Gasteiger partial charge in [-0.1, -0.05) is 6.07 Å². The van der Waals surface area contributed by atoms with Crippen LogP contribution in [0.25, 0.3) is 0 Å². The van der Waals surface area contributed by atoms with Crippen LogP contribution in [-0.4, -0.2) is 30.3 Å². The number of carbonyl (C=O) groups is 1. The molecule has 0 saturated heterocycles. The van der Waals surface area contributed by atoms with E-state index in [1.165, 1.54) is 25.3 Å². The number of carbonyl (C=O) groups excluding carboxylic acids is 1. The average Bonchev–Trinajstić information content (AvgIpc) is 2.71. The third-order valence-corrected chi connectivity index (χ3v) is 3.77. The maximum atomic E-state index is 13.6. The first-order valence-electron chi connectivity index (χ1n) is 8.10. The molecule has 3 rings (SSSR count). The number of methoxy groups -OCH3 is 2. The number of amides is 1. The fourth-order valence-electron chi connectivity index (χ4n) is 2.35. The molecular formula is C19H16F2N4O3. The first-order valence-corrected chi connectivity index (χ1v) is 8.10. The maximum absolute atomic E-state index is 13.6. The van der Waals surface area contributed by atoms with Crippen molar-refractivity contribution in [2.75, 3.05) is 24.9 Å². The number of halogens is 2. The summed E-state index contributed by atoms with van der Waals surface area (Å²) >= 11 is 0. The van der Waals surface area contributed by atoms with Gasteiger partial charge in [0, 0.05) is 6.07 Å². The molecular weight excluding hydrogens is 370 g/mol. The van der Waals surface area contributed by atoms with E-state index in [0.717, 1.165) is 12.1 Å². The summed E-state index contributed by atoms with van der Waals surface area (Å²) in [5.74, 6) is -1.06. The Morgan fingerprint density at radius 1 is 0.964 bits per heavy atom. The average molecular weight is 386 g/mol. The number of para-hydroxylation sites is 1. The number of benzene rings is 2. The fourth-order valence-corrected chi connectivity index (χ4v) is 2.35. The molecule has 0 atom stereocenters. The Bertz CT molecular complexity index is 977. The second-order valence-corrected chi connectivity index (χ2v) is 5.55. The fraction of sp³-hybridized carbons (Fsp3) is 0.105. The lowest BCUT2D eigenvalue weighted by Gasteiger charge is -2.12. The topological polar surface area (TPSA) is 85.4 Å². The summed E-state index contributed by atoms with van der Waals surface area (Å²) in [5.41, 5.74) is -0.0300.